The lowest BCUT2D eigenvalue weighted by atomic mass is 9.77. The van der Waals surface area contributed by atoms with E-state index in [4.69, 9.17) is 94.9 Å². The molecule has 8 aliphatic rings. The van der Waals surface area contributed by atoms with Crippen molar-refractivity contribution in [3.05, 3.63) is 91.8 Å². The molecule has 4 heterocycles. The fourth-order valence-corrected chi connectivity index (χ4v) is 18.9. The van der Waals surface area contributed by atoms with Gasteiger partial charge in [-0.3, -0.25) is 33.6 Å². The number of fused-ring (bicyclic) bond motifs is 5. The van der Waals surface area contributed by atoms with Crippen molar-refractivity contribution in [3.8, 4) is 23.3 Å². The number of halogens is 1. The number of allylic oxidation sites excluding steroid dienone is 3. The van der Waals surface area contributed by atoms with Crippen molar-refractivity contribution >= 4 is 87.4 Å². The Morgan fingerprint density at radius 1 is 0.516 bits per heavy atom. The summed E-state index contributed by atoms with van der Waals surface area (Å²) in [7, 11) is 3.17. The number of aliphatic carboxylic acids is 2. The molecule has 2 saturated heterocycles. The van der Waals surface area contributed by atoms with Gasteiger partial charge in [-0.15, -0.1) is 19.7 Å². The van der Waals surface area contributed by atoms with Crippen LogP contribution in [0.15, 0.2) is 80.9 Å². The van der Waals surface area contributed by atoms with Crippen LogP contribution in [0.2, 0.25) is 5.15 Å². The minimum absolute atomic E-state index is 0. The Kier molecular flexibility index (Phi) is 31.4. The van der Waals surface area contributed by atoms with Gasteiger partial charge in [0.2, 0.25) is 11.8 Å². The third kappa shape index (κ3) is 28.6. The molecule has 0 spiro atoms. The molecule has 12 rings (SSSR count). The third-order valence-corrected chi connectivity index (χ3v) is 26.1. The Balaban J connectivity index is -0.000000292. The minimum atomic E-state index is -0.940. The molecule has 126 heavy (non-hydrogen) atoms. The predicted molar refractivity (Wildman–Crippen MR) is 520 cm³/mol. The molecule has 21 atom stereocenters. The highest BCUT2D eigenvalue weighted by molar-refractivity contribution is 6.31. The first-order chi connectivity index (χ1) is 69.7. The van der Waals surface area contributed by atoms with Crippen LogP contribution in [0.4, 0.5) is 0 Å². The van der Waals surface area contributed by atoms with Crippen LogP contribution in [0.25, 0.3) is 28.1 Å². The van der Waals surface area contributed by atoms with Crippen molar-refractivity contribution in [1.29, 1.82) is 0 Å². The molecule has 26 heteroatoms. The van der Waals surface area contributed by atoms with Gasteiger partial charge < -0.3 is 63.1 Å². The Morgan fingerprint density at radius 2 is 0.897 bits per heavy atom. The lowest BCUT2D eigenvalue weighted by Gasteiger charge is -2.35. The molecular weight excluding hydrogens is 1620 g/mol. The molecule has 25 nitrogen and oxygen atoms in total. The monoisotopic (exact) mass is 1830 g/mol. The molecule has 0 radical (unpaired) electrons. The number of rotatable bonds is 33. The van der Waals surface area contributed by atoms with Crippen molar-refractivity contribution in [3.63, 3.8) is 0 Å². The second kappa shape index (κ2) is 45.0. The van der Waals surface area contributed by atoms with Crippen LogP contribution in [0, 0.1) is 99.1 Å². The number of unbranched alkanes of at least 4 members (excludes halogenated alkanes) is 3. The number of likely N-dealkylation sites (tertiary alicyclic amines) is 1. The third-order valence-electron chi connectivity index (χ3n) is 25.9. The van der Waals surface area contributed by atoms with Crippen molar-refractivity contribution < 1.29 is 128 Å². The van der Waals surface area contributed by atoms with E-state index in [0.717, 1.165) is 101 Å². The Labute approximate surface area is 794 Å². The topological polar surface area (TPSA) is 327 Å². The molecule has 2 aromatic carbocycles. The molecule has 728 valence electrons. The fraction of sp³-hybridized carbons (Fsp3) is 0.680. The highest BCUT2D eigenvalue weighted by atomic mass is 35.5. The van der Waals surface area contributed by atoms with Crippen LogP contribution in [0.5, 0.6) is 23.3 Å². The number of esters is 5. The lowest BCUT2D eigenvalue weighted by Crippen LogP contribution is -2.50. The zero-order valence-corrected chi connectivity index (χ0v) is 77.1. The van der Waals surface area contributed by atoms with Gasteiger partial charge in [-0.05, 0) is 238 Å². The summed E-state index contributed by atoms with van der Waals surface area (Å²) in [5.74, 6) is 0.424. The van der Waals surface area contributed by atoms with Gasteiger partial charge in [-0.25, -0.2) is 24.7 Å². The molecular formula is C100H177ClN6O19. The molecule has 1 amide bonds. The van der Waals surface area contributed by atoms with Crippen LogP contribution in [-0.4, -0.2) is 164 Å². The second-order valence-electron chi connectivity index (χ2n) is 40.5. The van der Waals surface area contributed by atoms with E-state index in [2.05, 4.69) is 46.6 Å². The molecule has 6 aliphatic carbocycles. The zero-order chi connectivity index (χ0) is 115. The summed E-state index contributed by atoms with van der Waals surface area (Å²) in [4.78, 5) is 122. The van der Waals surface area contributed by atoms with Gasteiger partial charge >= 0.3 is 41.8 Å². The first kappa shape index (κ1) is 88.0. The first-order valence-corrected chi connectivity index (χ1v) is 44.8. The predicted octanol–water partition coefficient (Wildman–Crippen LogP) is 23.4. The molecule has 0 bridgehead atoms. The number of nitrogens with zero attached hydrogens (tertiary/aromatic N) is 5. The number of amides is 1. The molecule has 2 aliphatic heterocycles. The number of hydrogen-bond acceptors (Lipinski definition) is 22. The Hall–Kier alpha value is -8.71. The van der Waals surface area contributed by atoms with Crippen molar-refractivity contribution in [2.45, 2.75) is 309 Å². The number of carbonyl (C=O) groups excluding carboxylic acids is 6. The molecule has 0 unspecified atom stereocenters. The number of carboxylic acid groups (broad SMARTS) is 2. The van der Waals surface area contributed by atoms with Crippen LogP contribution in [0.1, 0.15) is 298 Å². The normalized spacial score (nSPS) is 27.3. The zero-order valence-electron chi connectivity index (χ0n) is 100. The second-order valence-corrected chi connectivity index (χ2v) is 40.9. The van der Waals surface area contributed by atoms with Crippen LogP contribution >= 0.6 is 11.6 Å². The van der Waals surface area contributed by atoms with Crippen LogP contribution in [0.3, 0.4) is 0 Å². The quantitative estimate of drug-likeness (QED) is 0.0173. The number of carbonyl (C=O) groups is 8. The van der Waals surface area contributed by atoms with Crippen LogP contribution in [-0.2, 0) is 62.0 Å². The Bertz CT molecular complexity index is 4430. The minimum Gasteiger partial charge on any atom is -0.497 e. The summed E-state index contributed by atoms with van der Waals surface area (Å²) < 4.78 is 172. The largest absolute Gasteiger partial charge is 0.497 e. The highest BCUT2D eigenvalue weighted by Gasteiger charge is 2.58. The van der Waals surface area contributed by atoms with Gasteiger partial charge in [0.1, 0.15) is 71.0 Å². The van der Waals surface area contributed by atoms with E-state index in [1.807, 2.05) is 121 Å². The fourth-order valence-electron chi connectivity index (χ4n) is 18.7. The molecule has 6 saturated carbocycles. The maximum atomic E-state index is 14.6. The lowest BCUT2D eigenvalue weighted by molar-refractivity contribution is -0.167. The van der Waals surface area contributed by atoms with E-state index in [-0.39, 0.29) is 127 Å². The van der Waals surface area contributed by atoms with E-state index < -0.39 is 87.2 Å². The van der Waals surface area contributed by atoms with E-state index in [1.54, 1.807) is 76.3 Å². The van der Waals surface area contributed by atoms with Gasteiger partial charge in [0.05, 0.1) is 79.8 Å². The van der Waals surface area contributed by atoms with Gasteiger partial charge in [0, 0.05) is 67.6 Å². The number of aromatic nitrogens is 4. The van der Waals surface area contributed by atoms with Crippen molar-refractivity contribution in [2.75, 3.05) is 27.3 Å². The average molecular weight is 1830 g/mol. The van der Waals surface area contributed by atoms with Crippen LogP contribution < -0.4 is 24.3 Å². The number of hydrogen-bond donors (Lipinski definition) is 3. The summed E-state index contributed by atoms with van der Waals surface area (Å²) >= 11 is 6.25. The molecule has 8 fully saturated rings. The first-order valence-electron chi connectivity index (χ1n) is 56.4. The number of methoxy groups -OCH3 is 2. The average Bonchev–Trinajstić information content (AvgIpc) is 1.61. The SMILES string of the molecule is C.C.C.C=CCCC[C@@H]1[C@H]2C[C@H]2C[C@H]1OC(=O)C[C@H](C(=O)N1C[C@H](Oc2nc3cc(OC)ccc3nc2C=C)[C@@H](C)[C@H]1C(=O)OC(C)(C)C)C(C)(C)C.C=CCCC[C@@H]1[C@H]2C[C@H]2C[C@H]1OC(=O)C[C@H](C(=O)O)C(C)(C)C.C=CCCC[C@H]1[C@@H]2C[C@@H]2C[C@@H]1OC(=O)C[C@H](C(=O)O)C(C)(C)C.COc1ccc2nc(Cl)c(O[C@H]3CN[C@H](C(=O)OC(C)(C)C)[C@@H]3C)nc2c1.[2HH].[2H][2H].[2H][2H].[2H][2H].[2H][2H].[2H][2H].[2H][2H].[2H][2H].[2H][2H].[2H][2H].[2H][2H].[2H][2H].[2H][2H]. The molecule has 4 aromatic rings. The maximum absolute atomic E-state index is 14.6. The Morgan fingerprint density at radius 3 is 1.27 bits per heavy atom. The van der Waals surface area contributed by atoms with E-state index in [0.29, 0.717) is 75.4 Å². The summed E-state index contributed by atoms with van der Waals surface area (Å²) in [6, 6.07) is 9.35. The van der Waals surface area contributed by atoms with Gasteiger partial charge in [-0.2, -0.15) is 0 Å². The summed E-state index contributed by atoms with van der Waals surface area (Å²) in [6.07, 6.45) is 22.1. The number of carboxylic acids is 2. The van der Waals surface area contributed by atoms with E-state index >= 15 is 0 Å². The summed E-state index contributed by atoms with van der Waals surface area (Å²) in [5.41, 5.74) is 0.110. The summed E-state index contributed by atoms with van der Waals surface area (Å²) in [5, 5.41) is 22.0. The smallest absolute Gasteiger partial charge is 0.329 e. The van der Waals surface area contributed by atoms with E-state index in [9.17, 15) is 48.6 Å². The van der Waals surface area contributed by atoms with E-state index in [1.165, 1.54) is 19.3 Å². The van der Waals surface area contributed by atoms with Gasteiger partial charge in [-0.1, -0.05) is 135 Å². The number of nitrogens with one attached hydrogen (secondary N) is 1. The van der Waals surface area contributed by atoms with Gasteiger partial charge in [0.25, 0.3) is 5.88 Å². The highest BCUT2D eigenvalue weighted by Crippen LogP contribution is 2.60. The number of ether oxygens (including phenoxy) is 9. The van der Waals surface area contributed by atoms with Crippen molar-refractivity contribution in [1.82, 2.24) is 30.2 Å². The maximum Gasteiger partial charge on any atom is 0.329 e. The number of benzene rings is 2. The molecule has 3 N–H and O–H groups in total. The van der Waals surface area contributed by atoms with Gasteiger partial charge in [0.15, 0.2) is 5.15 Å². The summed E-state index contributed by atoms with van der Waals surface area (Å²) in [6.45, 7) is 47.5. The molecule has 2 aromatic heterocycles. The standard InChI is InChI=1S/C40H55N3O7.C19H24ClN3O4.2C19H30O4.3CH4.13H2/c1-11-13-14-15-26-27-18-24(27)19-32(26)48-34(44)21-28(39(4,5)6)37(45)43-22-33(23(3)35(43)38(46)50-40(7,8)9)49-36-29(12-2)41-30-17-16-25(47-10)20-31(30)42-36;1-10-14(9-21-15(10)18(24)27-19(2,3)4)26-17-16(20)22-12-7-6-11(25-5)8-13(12)23-17;2*1-5-6-7-8-13-14-9-12(14)10-16(13)23-17(20)11-15(18(21)22)19(2,3)4;;;;;;;;;;;;;;;;/h11-12,16-17,20,23-24,26-28,32-33,35H,1-2,13-15,18-19,21-22H2,3-10H3;6-8,10,14-15,21H,9H2,1-5H3;2*5,12-16H,1,6-11H2,2-4H3,(H,21,22);3*1H4;13*1H/t23-,24+,26-,27+,28-,32-,33+,35+;10-,14+,15+;12-,13+,14-,15+,16+;12-,13+,14-,15-,16+;;;;;;;;;;;;;;;;/m1101................/s1/i;;;;;;;12*1+1D;1+1. The van der Waals surface area contributed by atoms with Crippen molar-refractivity contribution in [2.24, 2.45) is 99.1 Å².